The maximum Gasteiger partial charge on any atom is 0.410 e. The van der Waals surface area contributed by atoms with Gasteiger partial charge in [0.1, 0.15) is 29.1 Å². The van der Waals surface area contributed by atoms with Crippen molar-refractivity contribution in [2.24, 2.45) is 5.92 Å². The van der Waals surface area contributed by atoms with E-state index in [1.54, 1.807) is 15.5 Å². The first-order valence-electron chi connectivity index (χ1n) is 13.4. The van der Waals surface area contributed by atoms with Gasteiger partial charge in [0, 0.05) is 43.8 Å². The van der Waals surface area contributed by atoms with Crippen molar-refractivity contribution in [3.63, 3.8) is 0 Å². The Labute approximate surface area is 241 Å². The second-order valence-electron chi connectivity index (χ2n) is 10.7. The summed E-state index contributed by atoms with van der Waals surface area (Å²) in [4.78, 5) is 65.8. The number of amides is 2. The molecular formula is C27H27FN4O9S. The molecule has 2 saturated heterocycles. The molecule has 42 heavy (non-hydrogen) atoms. The van der Waals surface area contributed by atoms with Crippen molar-refractivity contribution >= 4 is 52.3 Å². The first kappa shape index (κ1) is 28.0. The third kappa shape index (κ3) is 4.56. The predicted molar refractivity (Wildman–Crippen MR) is 147 cm³/mol. The van der Waals surface area contributed by atoms with E-state index in [-0.39, 0.29) is 60.5 Å². The Hall–Kier alpha value is -4.11. The minimum Gasteiger partial charge on any atom is -0.477 e. The van der Waals surface area contributed by atoms with Crippen LogP contribution in [0.2, 0.25) is 0 Å². The molecule has 2 aromatic rings. The molecule has 1 saturated carbocycles. The van der Waals surface area contributed by atoms with Crippen molar-refractivity contribution in [1.29, 1.82) is 0 Å². The van der Waals surface area contributed by atoms with E-state index >= 15 is 4.39 Å². The molecule has 1 aromatic heterocycles. The topological polar surface area (TPSA) is 170 Å². The van der Waals surface area contributed by atoms with Crippen LogP contribution in [0.4, 0.5) is 14.9 Å². The summed E-state index contributed by atoms with van der Waals surface area (Å²) in [5, 5.41) is 28.4. The third-order valence-electron chi connectivity index (χ3n) is 8.05. The number of anilines is 1. The number of aromatic carboxylic acids is 1. The van der Waals surface area contributed by atoms with Crippen molar-refractivity contribution in [3.05, 3.63) is 50.5 Å². The Morgan fingerprint density at radius 3 is 2.38 bits per heavy atom. The van der Waals surface area contributed by atoms with Crippen molar-refractivity contribution < 1.29 is 43.6 Å². The zero-order valence-corrected chi connectivity index (χ0v) is 23.2. The Kier molecular flexibility index (Phi) is 6.88. The molecule has 222 valence electrons. The summed E-state index contributed by atoms with van der Waals surface area (Å²) in [6.45, 7) is 1.96. The number of hydrogen-bond acceptors (Lipinski definition) is 9. The number of pyridine rings is 1. The molecule has 13 nitrogen and oxygen atoms in total. The number of carboxylic acid groups (broad SMARTS) is 2. The average molecular weight is 603 g/mol. The summed E-state index contributed by atoms with van der Waals surface area (Å²) in [5.41, 5.74) is -0.729. The average Bonchev–Trinajstić information content (AvgIpc) is 3.73. The van der Waals surface area contributed by atoms with E-state index in [1.807, 2.05) is 0 Å². The lowest BCUT2D eigenvalue weighted by Gasteiger charge is -2.43. The fraction of sp³-hybridized carbons (Fsp3) is 0.444. The lowest BCUT2D eigenvalue weighted by atomic mass is 9.92. The van der Waals surface area contributed by atoms with E-state index < -0.39 is 58.1 Å². The molecule has 0 bridgehead atoms. The highest BCUT2D eigenvalue weighted by molar-refractivity contribution is 8.04. The zero-order chi connectivity index (χ0) is 30.0. The quantitative estimate of drug-likeness (QED) is 0.394. The normalized spacial score (nSPS) is 22.7. The molecular weight excluding hydrogens is 575 g/mol. The summed E-state index contributed by atoms with van der Waals surface area (Å²) in [6, 6.07) is 2.66. The number of halogens is 1. The summed E-state index contributed by atoms with van der Waals surface area (Å²) in [7, 11) is 0. The van der Waals surface area contributed by atoms with Gasteiger partial charge in [-0.05, 0) is 31.9 Å². The molecule has 3 aliphatic heterocycles. The van der Waals surface area contributed by atoms with Crippen LogP contribution in [0.5, 0.6) is 0 Å². The van der Waals surface area contributed by atoms with E-state index in [0.717, 1.165) is 35.6 Å². The number of fused-ring (bicyclic) bond motifs is 2. The van der Waals surface area contributed by atoms with E-state index in [2.05, 4.69) is 0 Å². The number of β-lactam (4-membered cyclic amide) rings is 1. The van der Waals surface area contributed by atoms with E-state index in [0.29, 0.717) is 5.52 Å². The number of thioether (sulfide) groups is 1. The maximum atomic E-state index is 15.2. The summed E-state index contributed by atoms with van der Waals surface area (Å²) >= 11 is 1.08. The molecule has 15 heteroatoms. The molecule has 3 N–H and O–H groups in total. The lowest BCUT2D eigenvalue weighted by molar-refractivity contribution is -0.156. The van der Waals surface area contributed by atoms with Gasteiger partial charge < -0.3 is 34.4 Å². The molecule has 4 heterocycles. The van der Waals surface area contributed by atoms with Gasteiger partial charge in [-0.2, -0.15) is 0 Å². The molecule has 2 amide bonds. The van der Waals surface area contributed by atoms with Crippen LogP contribution < -0.4 is 10.3 Å². The number of carbonyl (C=O) groups excluding carboxylic acids is 2. The Balaban J connectivity index is 1.13. The molecule has 1 aliphatic carbocycles. The summed E-state index contributed by atoms with van der Waals surface area (Å²) in [6.07, 6.45) is 1.32. The number of aliphatic hydroxyl groups excluding tert-OH is 1. The van der Waals surface area contributed by atoms with Gasteiger partial charge in [0.25, 0.3) is 0 Å². The number of ether oxygens (including phenoxy) is 1. The second kappa shape index (κ2) is 10.3. The van der Waals surface area contributed by atoms with Crippen molar-refractivity contribution in [2.75, 3.05) is 37.7 Å². The van der Waals surface area contributed by atoms with Gasteiger partial charge in [0.15, 0.2) is 0 Å². The standard InChI is InChI=1S/C27H27FN4O9S/c1-12(33)20-23(35)32-21(26(38)39)19(42-24(20)32)11-41-27(40)30-6-4-29(5-7-30)18-9-17-14(8-16(18)28)22(34)15(25(36)37)10-31(17)13-2-3-13/h8-10,12-13,20,24,33H,2-7,11H2,1H3,(H,36,37)(H,38,39)/t12-,20+,24-/m1/s1. The molecule has 3 fully saturated rings. The van der Waals surface area contributed by atoms with Crippen LogP contribution in [0.15, 0.2) is 33.7 Å². The molecule has 3 atom stereocenters. The lowest BCUT2D eigenvalue weighted by Crippen LogP contribution is -2.60. The number of aromatic nitrogens is 1. The summed E-state index contributed by atoms with van der Waals surface area (Å²) in [5.74, 6) is -4.60. The number of aliphatic carboxylic acids is 1. The van der Waals surface area contributed by atoms with Crippen LogP contribution in [0.1, 0.15) is 36.2 Å². The maximum absolute atomic E-state index is 15.2. The van der Waals surface area contributed by atoms with Crippen LogP contribution in [0.3, 0.4) is 0 Å². The Morgan fingerprint density at radius 2 is 1.79 bits per heavy atom. The smallest absolute Gasteiger partial charge is 0.410 e. The Morgan fingerprint density at radius 1 is 1.10 bits per heavy atom. The van der Waals surface area contributed by atoms with Gasteiger partial charge in [-0.3, -0.25) is 14.5 Å². The third-order valence-corrected chi connectivity index (χ3v) is 9.39. The fourth-order valence-electron chi connectivity index (χ4n) is 5.71. The second-order valence-corrected chi connectivity index (χ2v) is 11.9. The number of nitrogens with zero attached hydrogens (tertiary/aromatic N) is 4. The van der Waals surface area contributed by atoms with Gasteiger partial charge >= 0.3 is 18.0 Å². The fourth-order valence-corrected chi connectivity index (χ4v) is 7.23. The van der Waals surface area contributed by atoms with Gasteiger partial charge in [-0.15, -0.1) is 0 Å². The number of benzene rings is 1. The highest BCUT2D eigenvalue weighted by Gasteiger charge is 2.57. The zero-order valence-electron chi connectivity index (χ0n) is 22.4. The molecule has 6 rings (SSSR count). The van der Waals surface area contributed by atoms with Crippen molar-refractivity contribution in [1.82, 2.24) is 14.4 Å². The van der Waals surface area contributed by atoms with Crippen LogP contribution >= 0.6 is 11.8 Å². The first-order valence-corrected chi connectivity index (χ1v) is 14.3. The van der Waals surface area contributed by atoms with Crippen LogP contribution in [0.25, 0.3) is 10.9 Å². The largest absolute Gasteiger partial charge is 0.477 e. The van der Waals surface area contributed by atoms with E-state index in [1.165, 1.54) is 18.0 Å². The Bertz CT molecular complexity index is 1630. The van der Waals surface area contributed by atoms with Gasteiger partial charge in [0.2, 0.25) is 11.3 Å². The predicted octanol–water partition coefficient (Wildman–Crippen LogP) is 1.64. The van der Waals surface area contributed by atoms with Gasteiger partial charge in [-0.1, -0.05) is 11.8 Å². The summed E-state index contributed by atoms with van der Waals surface area (Å²) < 4.78 is 22.4. The van der Waals surface area contributed by atoms with Crippen LogP contribution in [-0.4, -0.2) is 97.9 Å². The highest BCUT2D eigenvalue weighted by atomic mass is 32.2. The first-order chi connectivity index (χ1) is 20.0. The monoisotopic (exact) mass is 602 g/mol. The number of aliphatic hydroxyl groups is 1. The number of hydrogen-bond donors (Lipinski definition) is 3. The molecule has 0 radical (unpaired) electrons. The van der Waals surface area contributed by atoms with Crippen molar-refractivity contribution in [3.8, 4) is 0 Å². The number of carboxylic acids is 2. The number of carbonyl (C=O) groups is 4. The highest BCUT2D eigenvalue weighted by Crippen LogP contribution is 2.50. The van der Waals surface area contributed by atoms with Crippen LogP contribution in [0, 0.1) is 11.7 Å². The number of rotatable bonds is 7. The minimum atomic E-state index is -1.37. The van der Waals surface area contributed by atoms with Gasteiger partial charge in [0.05, 0.1) is 28.1 Å². The van der Waals surface area contributed by atoms with Crippen LogP contribution in [-0.2, 0) is 14.3 Å². The molecule has 0 spiro atoms. The molecule has 4 aliphatic rings. The molecule has 0 unspecified atom stereocenters. The minimum absolute atomic E-state index is 0.00342. The van der Waals surface area contributed by atoms with E-state index in [9.17, 15) is 39.3 Å². The molecule has 1 aromatic carbocycles. The van der Waals surface area contributed by atoms with Gasteiger partial charge in [-0.25, -0.2) is 18.8 Å². The van der Waals surface area contributed by atoms with E-state index in [4.69, 9.17) is 4.74 Å². The van der Waals surface area contributed by atoms with Crippen molar-refractivity contribution in [2.45, 2.75) is 37.3 Å². The number of piperazine rings is 1. The SMILES string of the molecule is C[C@@H](O)[C@H]1C(=O)N2C(C(=O)O)=C(COC(=O)N3CCN(c4cc5c(cc4F)c(=O)c(C(=O)O)cn5C4CC4)CC3)S[C@H]12.